The molecule has 0 atom stereocenters. The molecule has 20 heavy (non-hydrogen) atoms. The molecule has 0 radical (unpaired) electrons. The summed E-state index contributed by atoms with van der Waals surface area (Å²) in [5.41, 5.74) is -2.45. The van der Waals surface area contributed by atoms with E-state index < -0.39 is 35.6 Å². The van der Waals surface area contributed by atoms with Crippen molar-refractivity contribution in [3.05, 3.63) is 20.9 Å². The van der Waals surface area contributed by atoms with Gasteiger partial charge < -0.3 is 9.47 Å². The molecule has 0 fully saturated rings. The highest BCUT2D eigenvalue weighted by Crippen LogP contribution is 2.38. The van der Waals surface area contributed by atoms with E-state index in [-0.39, 0.29) is 3.57 Å². The highest BCUT2D eigenvalue weighted by molar-refractivity contribution is 14.1. The van der Waals surface area contributed by atoms with E-state index in [0.717, 1.165) is 7.11 Å². The molecular formula is C9H4F6INO3. The second-order valence-corrected chi connectivity index (χ2v) is 4.37. The molecule has 0 N–H and O–H groups in total. The van der Waals surface area contributed by atoms with Gasteiger partial charge in [0.15, 0.2) is 5.69 Å². The van der Waals surface area contributed by atoms with E-state index in [0.29, 0.717) is 6.07 Å². The third-order valence-corrected chi connectivity index (χ3v) is 2.66. The molecule has 112 valence electrons. The maximum atomic E-state index is 12.6. The monoisotopic (exact) mass is 415 g/mol. The fourth-order valence-electron chi connectivity index (χ4n) is 1.10. The number of methoxy groups -OCH3 is 1. The number of rotatable bonds is 2. The van der Waals surface area contributed by atoms with Crippen LogP contribution in [-0.4, -0.2) is 24.4 Å². The van der Waals surface area contributed by atoms with Gasteiger partial charge in [-0.3, -0.25) is 0 Å². The first kappa shape index (κ1) is 16.8. The quantitative estimate of drug-likeness (QED) is 0.423. The Morgan fingerprint density at radius 2 is 1.80 bits per heavy atom. The van der Waals surface area contributed by atoms with Crippen LogP contribution in [0.1, 0.15) is 16.1 Å². The number of pyridine rings is 1. The van der Waals surface area contributed by atoms with Crippen LogP contribution in [0.2, 0.25) is 0 Å². The fourth-order valence-corrected chi connectivity index (χ4v) is 1.75. The first-order chi connectivity index (χ1) is 8.95. The summed E-state index contributed by atoms with van der Waals surface area (Å²) in [6.45, 7) is 0. The summed E-state index contributed by atoms with van der Waals surface area (Å²) in [6.07, 6.45) is -10.5. The summed E-state index contributed by atoms with van der Waals surface area (Å²) >= 11 is 1.32. The van der Waals surface area contributed by atoms with Crippen LogP contribution in [0.15, 0.2) is 6.07 Å². The molecule has 1 aromatic rings. The summed E-state index contributed by atoms with van der Waals surface area (Å²) in [7, 11) is 0.905. The van der Waals surface area contributed by atoms with Crippen LogP contribution < -0.4 is 4.74 Å². The molecule has 0 saturated heterocycles. The van der Waals surface area contributed by atoms with Crippen LogP contribution in [0.5, 0.6) is 5.88 Å². The number of hydrogen-bond donors (Lipinski definition) is 0. The Morgan fingerprint density at radius 3 is 2.20 bits per heavy atom. The summed E-state index contributed by atoms with van der Waals surface area (Å²) in [5.74, 6) is -2.94. The third kappa shape index (κ3) is 4.11. The number of halogens is 7. The number of carbonyl (C=O) groups is 1. The van der Waals surface area contributed by atoms with Crippen LogP contribution in [0.25, 0.3) is 0 Å². The van der Waals surface area contributed by atoms with Crippen molar-refractivity contribution in [1.29, 1.82) is 0 Å². The Labute approximate surface area is 121 Å². The van der Waals surface area contributed by atoms with Gasteiger partial charge in [0.25, 0.3) is 0 Å². The van der Waals surface area contributed by atoms with E-state index in [1.807, 2.05) is 0 Å². The van der Waals surface area contributed by atoms with E-state index in [2.05, 4.69) is 14.5 Å². The molecule has 0 aliphatic rings. The van der Waals surface area contributed by atoms with E-state index in [1.165, 1.54) is 22.6 Å². The largest absolute Gasteiger partial charge is 0.574 e. The van der Waals surface area contributed by atoms with Crippen LogP contribution in [-0.2, 0) is 10.9 Å². The average molecular weight is 415 g/mol. The SMILES string of the molecule is COC(=O)c1nc(OC(F)(F)F)c(C(F)(F)F)cc1I. The lowest BCUT2D eigenvalue weighted by molar-refractivity contribution is -0.277. The fraction of sp³-hybridized carbons (Fsp3) is 0.333. The molecule has 11 heteroatoms. The Bertz CT molecular complexity index is 528. The van der Waals surface area contributed by atoms with Gasteiger partial charge in [0, 0.05) is 3.57 Å². The summed E-state index contributed by atoms with van der Waals surface area (Å²) in [5, 5.41) is 0. The number of aromatic nitrogens is 1. The molecular weight excluding hydrogens is 411 g/mol. The van der Waals surface area contributed by atoms with Crippen LogP contribution in [0, 0.1) is 3.57 Å². The molecule has 0 aromatic carbocycles. The standard InChI is InChI=1S/C9H4F6INO3/c1-19-7(18)5-4(16)2-3(8(10,11)12)6(17-5)20-9(13,14)15/h2H,1H3. The zero-order chi connectivity index (χ0) is 15.7. The van der Waals surface area contributed by atoms with Crippen molar-refractivity contribution in [2.24, 2.45) is 0 Å². The number of nitrogens with zero attached hydrogens (tertiary/aromatic N) is 1. The van der Waals surface area contributed by atoms with Crippen LogP contribution in [0.3, 0.4) is 0 Å². The smallest absolute Gasteiger partial charge is 0.464 e. The first-order valence-corrected chi connectivity index (χ1v) is 5.65. The minimum Gasteiger partial charge on any atom is -0.464 e. The van der Waals surface area contributed by atoms with Gasteiger partial charge in [0.2, 0.25) is 5.88 Å². The molecule has 0 aliphatic carbocycles. The topological polar surface area (TPSA) is 48.4 Å². The number of ether oxygens (including phenoxy) is 2. The van der Waals surface area contributed by atoms with Crippen molar-refractivity contribution in [3.8, 4) is 5.88 Å². The second-order valence-electron chi connectivity index (χ2n) is 3.21. The molecule has 0 amide bonds. The van der Waals surface area contributed by atoms with Crippen molar-refractivity contribution in [2.75, 3.05) is 7.11 Å². The molecule has 0 unspecified atom stereocenters. The zero-order valence-electron chi connectivity index (χ0n) is 9.40. The molecule has 0 bridgehead atoms. The van der Waals surface area contributed by atoms with E-state index >= 15 is 0 Å². The van der Waals surface area contributed by atoms with E-state index in [4.69, 9.17) is 0 Å². The van der Waals surface area contributed by atoms with Gasteiger partial charge in [0.1, 0.15) is 5.56 Å². The highest BCUT2D eigenvalue weighted by atomic mass is 127. The summed E-state index contributed by atoms with van der Waals surface area (Å²) in [4.78, 5) is 14.2. The maximum Gasteiger partial charge on any atom is 0.574 e. The van der Waals surface area contributed by atoms with E-state index in [1.54, 1.807) is 0 Å². The van der Waals surface area contributed by atoms with Gasteiger partial charge in [-0.15, -0.1) is 13.2 Å². The average Bonchev–Trinajstić information content (AvgIpc) is 2.26. The van der Waals surface area contributed by atoms with Gasteiger partial charge in [-0.1, -0.05) is 0 Å². The molecule has 0 saturated carbocycles. The molecule has 1 rings (SSSR count). The Balaban J connectivity index is 3.46. The molecule has 1 aromatic heterocycles. The first-order valence-electron chi connectivity index (χ1n) is 4.57. The van der Waals surface area contributed by atoms with Gasteiger partial charge in [-0.25, -0.2) is 9.78 Å². The zero-order valence-corrected chi connectivity index (χ0v) is 11.6. The van der Waals surface area contributed by atoms with Crippen LogP contribution >= 0.6 is 22.6 Å². The predicted molar refractivity (Wildman–Crippen MR) is 60.0 cm³/mol. The van der Waals surface area contributed by atoms with Gasteiger partial charge in [-0.2, -0.15) is 13.2 Å². The predicted octanol–water partition coefficient (Wildman–Crippen LogP) is 3.39. The number of carbonyl (C=O) groups excluding carboxylic acids is 1. The van der Waals surface area contributed by atoms with Crippen LogP contribution in [0.4, 0.5) is 26.3 Å². The molecule has 4 nitrogen and oxygen atoms in total. The Hall–Kier alpha value is -1.27. The lowest BCUT2D eigenvalue weighted by Gasteiger charge is -2.15. The van der Waals surface area contributed by atoms with Crippen molar-refractivity contribution in [3.63, 3.8) is 0 Å². The summed E-state index contributed by atoms with van der Waals surface area (Å²) in [6, 6.07) is 0.320. The molecule has 1 heterocycles. The third-order valence-electron chi connectivity index (χ3n) is 1.84. The van der Waals surface area contributed by atoms with Crippen molar-refractivity contribution in [2.45, 2.75) is 12.5 Å². The van der Waals surface area contributed by atoms with Gasteiger partial charge in [-0.05, 0) is 28.7 Å². The normalized spacial score (nSPS) is 12.2. The van der Waals surface area contributed by atoms with Gasteiger partial charge >= 0.3 is 18.5 Å². The highest BCUT2D eigenvalue weighted by Gasteiger charge is 2.41. The lowest BCUT2D eigenvalue weighted by Crippen LogP contribution is -2.22. The van der Waals surface area contributed by atoms with Crippen molar-refractivity contribution in [1.82, 2.24) is 4.98 Å². The Kier molecular flexibility index (Phi) is 4.71. The van der Waals surface area contributed by atoms with Crippen molar-refractivity contribution >= 4 is 28.6 Å². The lowest BCUT2D eigenvalue weighted by atomic mass is 10.2. The number of esters is 1. The maximum absolute atomic E-state index is 12.6. The van der Waals surface area contributed by atoms with Gasteiger partial charge in [0.05, 0.1) is 7.11 Å². The minimum absolute atomic E-state index is 0.320. The number of hydrogen-bond acceptors (Lipinski definition) is 4. The van der Waals surface area contributed by atoms with Crippen molar-refractivity contribution < 1.29 is 40.6 Å². The minimum atomic E-state index is -5.38. The summed E-state index contributed by atoms with van der Waals surface area (Å²) < 4.78 is 81.2. The second kappa shape index (κ2) is 5.61. The molecule has 0 spiro atoms. The molecule has 0 aliphatic heterocycles. The number of alkyl halides is 6. The Morgan fingerprint density at radius 1 is 1.25 bits per heavy atom. The van der Waals surface area contributed by atoms with E-state index in [9.17, 15) is 31.1 Å².